The zero-order valence-corrected chi connectivity index (χ0v) is 26.7. The summed E-state index contributed by atoms with van der Waals surface area (Å²) in [7, 11) is 0. The molecule has 0 saturated heterocycles. The average molecular weight is 642 g/mol. The first kappa shape index (κ1) is 28.2. The zero-order chi connectivity index (χ0) is 33.0. The lowest BCUT2D eigenvalue weighted by atomic mass is 9.94. The van der Waals surface area contributed by atoms with Crippen LogP contribution in [0.25, 0.3) is 100 Å². The van der Waals surface area contributed by atoms with Crippen LogP contribution in [0.15, 0.2) is 173 Å². The van der Waals surface area contributed by atoms with E-state index in [1.54, 1.807) is 0 Å². The van der Waals surface area contributed by atoms with Gasteiger partial charge in [0.15, 0.2) is 17.5 Å². The molecule has 0 spiro atoms. The molecule has 7 aromatic carbocycles. The number of hydrogen-bond donors (Lipinski definition) is 0. The fourth-order valence-corrected chi connectivity index (χ4v) is 6.90. The number of nitrogens with zero attached hydrogens (tertiary/aromatic N) is 3. The zero-order valence-electron chi connectivity index (χ0n) is 26.7. The first-order chi connectivity index (χ1) is 24.7. The fraction of sp³-hybridized carbons (Fsp3) is 0. The van der Waals surface area contributed by atoms with Crippen molar-refractivity contribution < 1.29 is 8.83 Å². The van der Waals surface area contributed by atoms with Crippen LogP contribution in [0, 0.1) is 0 Å². The van der Waals surface area contributed by atoms with Crippen molar-refractivity contribution in [1.82, 2.24) is 15.0 Å². The molecule has 0 aliphatic rings. The molecule has 3 heterocycles. The number of benzene rings is 7. The van der Waals surface area contributed by atoms with Crippen molar-refractivity contribution in [3.8, 4) is 56.4 Å². The first-order valence-electron chi connectivity index (χ1n) is 16.6. The average Bonchev–Trinajstić information content (AvgIpc) is 3.76. The van der Waals surface area contributed by atoms with Gasteiger partial charge in [0.2, 0.25) is 0 Å². The van der Waals surface area contributed by atoms with Crippen LogP contribution in [-0.4, -0.2) is 15.0 Å². The maximum absolute atomic E-state index is 6.56. The van der Waals surface area contributed by atoms with Gasteiger partial charge in [0.1, 0.15) is 22.3 Å². The van der Waals surface area contributed by atoms with Crippen molar-refractivity contribution in [2.45, 2.75) is 0 Å². The summed E-state index contributed by atoms with van der Waals surface area (Å²) in [6.45, 7) is 0. The molecule has 0 N–H and O–H groups in total. The Morgan fingerprint density at radius 1 is 0.300 bits per heavy atom. The lowest BCUT2D eigenvalue weighted by molar-refractivity contribution is 0.668. The summed E-state index contributed by atoms with van der Waals surface area (Å²) >= 11 is 0. The fourth-order valence-electron chi connectivity index (χ4n) is 6.90. The molecule has 234 valence electrons. The molecule has 5 nitrogen and oxygen atoms in total. The van der Waals surface area contributed by atoms with E-state index < -0.39 is 0 Å². The molecule has 10 rings (SSSR count). The van der Waals surface area contributed by atoms with E-state index in [9.17, 15) is 0 Å². The highest BCUT2D eigenvalue weighted by molar-refractivity contribution is 6.14. The Hall–Kier alpha value is -6.85. The predicted molar refractivity (Wildman–Crippen MR) is 202 cm³/mol. The van der Waals surface area contributed by atoms with E-state index in [4.69, 9.17) is 23.8 Å². The Bertz CT molecular complexity index is 2800. The molecule has 0 radical (unpaired) electrons. The summed E-state index contributed by atoms with van der Waals surface area (Å²) in [5.74, 6) is 1.84. The number of para-hydroxylation sites is 1. The Morgan fingerprint density at radius 2 is 0.780 bits per heavy atom. The summed E-state index contributed by atoms with van der Waals surface area (Å²) in [5.41, 5.74) is 10.4. The Morgan fingerprint density at radius 3 is 1.42 bits per heavy atom. The Labute approximate surface area is 287 Å². The van der Waals surface area contributed by atoms with E-state index in [1.165, 1.54) is 0 Å². The second-order valence-corrected chi connectivity index (χ2v) is 12.4. The third kappa shape index (κ3) is 4.75. The third-order valence-corrected chi connectivity index (χ3v) is 9.33. The van der Waals surface area contributed by atoms with Crippen LogP contribution in [0.4, 0.5) is 0 Å². The van der Waals surface area contributed by atoms with Crippen LogP contribution in [0.3, 0.4) is 0 Å². The van der Waals surface area contributed by atoms with Gasteiger partial charge in [-0.05, 0) is 64.7 Å². The Balaban J connectivity index is 1.10. The van der Waals surface area contributed by atoms with Crippen molar-refractivity contribution >= 4 is 43.9 Å². The van der Waals surface area contributed by atoms with E-state index in [0.717, 1.165) is 82.8 Å². The lowest BCUT2D eigenvalue weighted by Crippen LogP contribution is -2.00. The largest absolute Gasteiger partial charge is 0.456 e. The molecule has 0 fully saturated rings. The topological polar surface area (TPSA) is 65.0 Å². The normalized spacial score (nSPS) is 11.6. The molecule has 0 aliphatic heterocycles. The smallest absolute Gasteiger partial charge is 0.164 e. The van der Waals surface area contributed by atoms with Gasteiger partial charge >= 0.3 is 0 Å². The van der Waals surface area contributed by atoms with Gasteiger partial charge in [-0.15, -0.1) is 0 Å². The van der Waals surface area contributed by atoms with Gasteiger partial charge in [0.25, 0.3) is 0 Å². The highest BCUT2D eigenvalue weighted by Gasteiger charge is 2.18. The van der Waals surface area contributed by atoms with E-state index in [0.29, 0.717) is 17.5 Å². The van der Waals surface area contributed by atoms with Crippen LogP contribution in [0.5, 0.6) is 0 Å². The van der Waals surface area contributed by atoms with Gasteiger partial charge in [-0.25, -0.2) is 15.0 Å². The Kier molecular flexibility index (Phi) is 6.42. The number of hydrogen-bond acceptors (Lipinski definition) is 5. The second kappa shape index (κ2) is 11.4. The summed E-state index contributed by atoms with van der Waals surface area (Å²) in [4.78, 5) is 14.7. The molecule has 3 aromatic heterocycles. The van der Waals surface area contributed by atoms with Gasteiger partial charge < -0.3 is 8.83 Å². The standard InChI is InChI=1S/C45H27N3O2/c1-4-12-28(13-5-1)37-24-33(27-41-42(37)36-18-10-11-19-38(36)49-41)31-20-22-34-35-23-21-32(26-40(35)50-39(34)25-31)45-47-43(29-14-6-2-7-15-29)46-44(48-45)30-16-8-3-9-17-30/h1-27H. The van der Waals surface area contributed by atoms with E-state index in [1.807, 2.05) is 84.9 Å². The minimum atomic E-state index is 0.591. The highest BCUT2D eigenvalue weighted by Crippen LogP contribution is 2.41. The molecule has 5 heteroatoms. The van der Waals surface area contributed by atoms with Crippen LogP contribution >= 0.6 is 0 Å². The van der Waals surface area contributed by atoms with Crippen LogP contribution in [0.1, 0.15) is 0 Å². The summed E-state index contributed by atoms with van der Waals surface area (Å²) in [5, 5.41) is 4.32. The molecule has 0 unspecified atom stereocenters. The summed E-state index contributed by atoms with van der Waals surface area (Å²) in [6, 6.07) is 55.8. The first-order valence-corrected chi connectivity index (χ1v) is 16.6. The van der Waals surface area contributed by atoms with Crippen LogP contribution in [-0.2, 0) is 0 Å². The third-order valence-electron chi connectivity index (χ3n) is 9.33. The van der Waals surface area contributed by atoms with Crippen molar-refractivity contribution in [2.24, 2.45) is 0 Å². The van der Waals surface area contributed by atoms with Crippen molar-refractivity contribution in [2.75, 3.05) is 0 Å². The van der Waals surface area contributed by atoms with Gasteiger partial charge in [-0.2, -0.15) is 0 Å². The van der Waals surface area contributed by atoms with Crippen LogP contribution in [0.2, 0.25) is 0 Å². The van der Waals surface area contributed by atoms with Crippen molar-refractivity contribution in [3.05, 3.63) is 164 Å². The number of furan rings is 2. The molecule has 0 saturated carbocycles. The van der Waals surface area contributed by atoms with Crippen LogP contribution < -0.4 is 0 Å². The monoisotopic (exact) mass is 641 g/mol. The van der Waals surface area contributed by atoms with E-state index >= 15 is 0 Å². The molecular formula is C45H27N3O2. The van der Waals surface area contributed by atoms with Gasteiger partial charge in [0.05, 0.1) is 0 Å². The lowest BCUT2D eigenvalue weighted by Gasteiger charge is -2.09. The van der Waals surface area contributed by atoms with Crippen molar-refractivity contribution in [3.63, 3.8) is 0 Å². The highest BCUT2D eigenvalue weighted by atomic mass is 16.3. The molecule has 0 bridgehead atoms. The van der Waals surface area contributed by atoms with E-state index in [2.05, 4.69) is 78.9 Å². The molecular weight excluding hydrogens is 615 g/mol. The minimum Gasteiger partial charge on any atom is -0.456 e. The molecule has 0 atom stereocenters. The van der Waals surface area contributed by atoms with Gasteiger partial charge in [-0.1, -0.05) is 121 Å². The predicted octanol–water partition coefficient (Wildman–Crippen LogP) is 12.0. The second-order valence-electron chi connectivity index (χ2n) is 12.4. The van der Waals surface area contributed by atoms with Crippen molar-refractivity contribution in [1.29, 1.82) is 0 Å². The minimum absolute atomic E-state index is 0.591. The van der Waals surface area contributed by atoms with Gasteiger partial charge in [-0.3, -0.25) is 0 Å². The quantitative estimate of drug-likeness (QED) is 0.187. The maximum atomic E-state index is 6.56. The summed E-state index contributed by atoms with van der Waals surface area (Å²) in [6.07, 6.45) is 0. The number of rotatable bonds is 5. The molecule has 50 heavy (non-hydrogen) atoms. The SMILES string of the molecule is c1ccc(-c2nc(-c3ccccc3)nc(-c3ccc4c(c3)oc3cc(-c5cc(-c6ccccc6)c6c(c5)oc5ccccc56)ccc34)n2)cc1. The van der Waals surface area contributed by atoms with E-state index in [-0.39, 0.29) is 0 Å². The molecule has 10 aromatic rings. The number of aromatic nitrogens is 3. The summed E-state index contributed by atoms with van der Waals surface area (Å²) < 4.78 is 13.0. The van der Waals surface area contributed by atoms with Gasteiger partial charge in [0, 0.05) is 38.2 Å². The number of fused-ring (bicyclic) bond motifs is 6. The maximum Gasteiger partial charge on any atom is 0.164 e. The molecule has 0 aliphatic carbocycles. The molecule has 0 amide bonds.